The van der Waals surface area contributed by atoms with Crippen molar-refractivity contribution in [3.05, 3.63) is 47.5 Å². The van der Waals surface area contributed by atoms with Crippen LogP contribution >= 0.6 is 0 Å². The number of halogens is 1. The molecular weight excluding hydrogens is 275 g/mol. The van der Waals surface area contributed by atoms with Gasteiger partial charge in [0.15, 0.2) is 0 Å². The highest BCUT2D eigenvalue weighted by molar-refractivity contribution is 5.94. The molecule has 0 aliphatic carbocycles. The normalized spacial score (nSPS) is 9.81. The highest BCUT2D eigenvalue weighted by atomic mass is 19.1. The summed E-state index contributed by atoms with van der Waals surface area (Å²) >= 11 is 0. The third-order valence-electron chi connectivity index (χ3n) is 2.62. The molecule has 1 heterocycles. The Kier molecular flexibility index (Phi) is 5.01. The zero-order chi connectivity index (χ0) is 15.1. The van der Waals surface area contributed by atoms with Gasteiger partial charge in [-0.1, -0.05) is 17.1 Å². The Hall–Kier alpha value is -2.72. The van der Waals surface area contributed by atoms with Crippen LogP contribution in [0.4, 0.5) is 4.39 Å². The molecule has 21 heavy (non-hydrogen) atoms. The van der Waals surface area contributed by atoms with Crippen LogP contribution in [0, 0.1) is 17.7 Å². The van der Waals surface area contributed by atoms with Crippen LogP contribution in [0.2, 0.25) is 0 Å². The number of rotatable bonds is 4. The second-order valence-electron chi connectivity index (χ2n) is 4.08. The number of benzene rings is 1. The summed E-state index contributed by atoms with van der Waals surface area (Å²) in [6.45, 7) is 0.447. The minimum atomic E-state index is -0.622. The van der Waals surface area contributed by atoms with E-state index in [4.69, 9.17) is 5.11 Å². The SMILES string of the molecule is O=C(NCCn1ccnn1)c1cc(C#CCO)ccc1F. The molecule has 2 N–H and O–H groups in total. The molecule has 0 unspecified atom stereocenters. The maximum absolute atomic E-state index is 13.7. The van der Waals surface area contributed by atoms with Crippen LogP contribution < -0.4 is 5.32 Å². The van der Waals surface area contributed by atoms with Gasteiger partial charge in [-0.25, -0.2) is 4.39 Å². The Balaban J connectivity index is 2.00. The number of amides is 1. The molecule has 0 aliphatic rings. The fourth-order valence-electron chi connectivity index (χ4n) is 1.65. The van der Waals surface area contributed by atoms with Crippen LogP contribution in [0.25, 0.3) is 0 Å². The largest absolute Gasteiger partial charge is 0.384 e. The number of nitrogens with zero attached hydrogens (tertiary/aromatic N) is 3. The van der Waals surface area contributed by atoms with Crippen molar-refractivity contribution in [2.24, 2.45) is 0 Å². The molecule has 1 aromatic carbocycles. The lowest BCUT2D eigenvalue weighted by atomic mass is 10.1. The molecule has 0 fully saturated rings. The van der Waals surface area contributed by atoms with Gasteiger partial charge in [-0.15, -0.1) is 5.10 Å². The zero-order valence-corrected chi connectivity index (χ0v) is 11.1. The van der Waals surface area contributed by atoms with Gasteiger partial charge in [0.05, 0.1) is 18.3 Å². The number of nitrogens with one attached hydrogen (secondary N) is 1. The van der Waals surface area contributed by atoms with Crippen molar-refractivity contribution in [2.45, 2.75) is 6.54 Å². The molecular formula is C14H13FN4O2. The van der Waals surface area contributed by atoms with E-state index in [2.05, 4.69) is 27.5 Å². The first kappa shape index (κ1) is 14.7. The average Bonchev–Trinajstić information content (AvgIpc) is 2.99. The van der Waals surface area contributed by atoms with Gasteiger partial charge >= 0.3 is 0 Å². The van der Waals surface area contributed by atoms with E-state index in [9.17, 15) is 9.18 Å². The fourth-order valence-corrected chi connectivity index (χ4v) is 1.65. The minimum absolute atomic E-state index is 0.0849. The summed E-state index contributed by atoms with van der Waals surface area (Å²) in [5, 5.41) is 18.6. The minimum Gasteiger partial charge on any atom is -0.384 e. The standard InChI is InChI=1S/C14H13FN4O2/c15-13-4-3-11(2-1-9-20)10-12(13)14(21)16-5-7-19-8-6-17-18-19/h3-4,6,8,10,20H,5,7,9H2,(H,16,21). The predicted molar refractivity (Wildman–Crippen MR) is 72.7 cm³/mol. The maximum atomic E-state index is 13.7. The van der Waals surface area contributed by atoms with Gasteiger partial charge in [0.25, 0.3) is 5.91 Å². The number of aliphatic hydroxyl groups excluding tert-OH is 1. The summed E-state index contributed by atoms with van der Waals surface area (Å²) in [5.74, 6) is 3.92. The number of carbonyl (C=O) groups excluding carboxylic acids is 1. The molecule has 0 saturated heterocycles. The van der Waals surface area contributed by atoms with Crippen molar-refractivity contribution in [1.82, 2.24) is 20.3 Å². The second-order valence-corrected chi connectivity index (χ2v) is 4.08. The summed E-state index contributed by atoms with van der Waals surface area (Å²) < 4.78 is 15.2. The van der Waals surface area contributed by atoms with Crippen LogP contribution in [0.15, 0.2) is 30.6 Å². The summed E-state index contributed by atoms with van der Waals surface area (Å²) in [6.07, 6.45) is 3.20. The van der Waals surface area contributed by atoms with E-state index >= 15 is 0 Å². The van der Waals surface area contributed by atoms with Gasteiger partial charge in [0.1, 0.15) is 12.4 Å². The van der Waals surface area contributed by atoms with Crippen molar-refractivity contribution in [3.63, 3.8) is 0 Å². The van der Waals surface area contributed by atoms with Gasteiger partial charge in [-0.2, -0.15) is 0 Å². The monoisotopic (exact) mass is 288 g/mol. The van der Waals surface area contributed by atoms with E-state index in [1.54, 1.807) is 10.9 Å². The lowest BCUT2D eigenvalue weighted by Gasteiger charge is -2.06. The topological polar surface area (TPSA) is 80.0 Å². The zero-order valence-electron chi connectivity index (χ0n) is 11.1. The molecule has 1 amide bonds. The molecule has 0 aliphatic heterocycles. The molecule has 0 bridgehead atoms. The number of aliphatic hydroxyl groups is 1. The summed E-state index contributed by atoms with van der Waals surface area (Å²) in [7, 11) is 0. The molecule has 108 valence electrons. The van der Waals surface area contributed by atoms with Crippen molar-refractivity contribution in [3.8, 4) is 11.8 Å². The van der Waals surface area contributed by atoms with Crippen LogP contribution in [0.1, 0.15) is 15.9 Å². The van der Waals surface area contributed by atoms with Gasteiger partial charge in [-0.3, -0.25) is 9.48 Å². The van der Waals surface area contributed by atoms with Crippen molar-refractivity contribution >= 4 is 5.91 Å². The van der Waals surface area contributed by atoms with Gasteiger partial charge in [0, 0.05) is 18.3 Å². The number of carbonyl (C=O) groups is 1. The highest BCUT2D eigenvalue weighted by Gasteiger charge is 2.11. The van der Waals surface area contributed by atoms with Crippen molar-refractivity contribution < 1.29 is 14.3 Å². The summed E-state index contributed by atoms with van der Waals surface area (Å²) in [4.78, 5) is 11.9. The third kappa shape index (κ3) is 4.12. The van der Waals surface area contributed by atoms with Crippen LogP contribution in [-0.2, 0) is 6.54 Å². The summed E-state index contributed by atoms with van der Waals surface area (Å²) in [5.41, 5.74) is 0.380. The van der Waals surface area contributed by atoms with Gasteiger partial charge in [-0.05, 0) is 18.2 Å². The first-order valence-electron chi connectivity index (χ1n) is 6.22. The molecule has 6 nitrogen and oxygen atoms in total. The molecule has 0 spiro atoms. The van der Waals surface area contributed by atoms with Crippen LogP contribution in [0.5, 0.6) is 0 Å². The Labute approximate surface area is 120 Å². The fraction of sp³-hybridized carbons (Fsp3) is 0.214. The third-order valence-corrected chi connectivity index (χ3v) is 2.62. The molecule has 0 radical (unpaired) electrons. The Bertz CT molecular complexity index is 674. The van der Waals surface area contributed by atoms with E-state index in [1.807, 2.05) is 0 Å². The van der Waals surface area contributed by atoms with E-state index in [1.165, 1.54) is 24.4 Å². The molecule has 7 heteroatoms. The lowest BCUT2D eigenvalue weighted by molar-refractivity contribution is 0.0948. The molecule has 2 aromatic rings. The Morgan fingerprint density at radius 2 is 2.33 bits per heavy atom. The van der Waals surface area contributed by atoms with Crippen molar-refractivity contribution in [1.29, 1.82) is 0 Å². The maximum Gasteiger partial charge on any atom is 0.254 e. The van der Waals surface area contributed by atoms with E-state index in [-0.39, 0.29) is 12.2 Å². The summed E-state index contributed by atoms with van der Waals surface area (Å²) in [6, 6.07) is 3.97. The average molecular weight is 288 g/mol. The molecule has 1 aromatic heterocycles. The number of hydrogen-bond acceptors (Lipinski definition) is 4. The highest BCUT2D eigenvalue weighted by Crippen LogP contribution is 2.10. The van der Waals surface area contributed by atoms with Crippen LogP contribution in [0.3, 0.4) is 0 Å². The lowest BCUT2D eigenvalue weighted by Crippen LogP contribution is -2.28. The Morgan fingerprint density at radius 1 is 1.48 bits per heavy atom. The Morgan fingerprint density at radius 3 is 3.05 bits per heavy atom. The van der Waals surface area contributed by atoms with E-state index in [0.717, 1.165) is 0 Å². The predicted octanol–water partition coefficient (Wildman–Crippen LogP) is 0.191. The van der Waals surface area contributed by atoms with Crippen molar-refractivity contribution in [2.75, 3.05) is 13.2 Å². The first-order valence-corrected chi connectivity index (χ1v) is 6.22. The molecule has 2 rings (SSSR count). The quantitative estimate of drug-likeness (QED) is 0.787. The smallest absolute Gasteiger partial charge is 0.254 e. The molecule has 0 atom stereocenters. The van der Waals surface area contributed by atoms with Gasteiger partial charge < -0.3 is 10.4 Å². The van der Waals surface area contributed by atoms with Crippen LogP contribution in [-0.4, -0.2) is 39.2 Å². The molecule has 0 saturated carbocycles. The second kappa shape index (κ2) is 7.17. The number of hydrogen-bond donors (Lipinski definition) is 2. The van der Waals surface area contributed by atoms with E-state index in [0.29, 0.717) is 18.7 Å². The van der Waals surface area contributed by atoms with E-state index < -0.39 is 11.7 Å². The number of aromatic nitrogens is 3. The van der Waals surface area contributed by atoms with Gasteiger partial charge in [0.2, 0.25) is 0 Å². The first-order chi connectivity index (χ1) is 10.2.